The Hall–Kier alpha value is -1.21. The molecule has 1 aromatic heterocycles. The lowest BCUT2D eigenvalue weighted by Crippen LogP contribution is -2.31. The first-order valence-electron chi connectivity index (χ1n) is 5.14. The van der Waals surface area contributed by atoms with Crippen LogP contribution in [0.1, 0.15) is 6.42 Å². The Morgan fingerprint density at radius 3 is 2.88 bits per heavy atom. The van der Waals surface area contributed by atoms with Crippen molar-refractivity contribution in [2.45, 2.75) is 18.6 Å². The predicted octanol–water partition coefficient (Wildman–Crippen LogP) is 0.521. The quantitative estimate of drug-likeness (QED) is 0.821. The third-order valence-electron chi connectivity index (χ3n) is 2.44. The van der Waals surface area contributed by atoms with Crippen molar-refractivity contribution in [2.75, 3.05) is 13.7 Å². The summed E-state index contributed by atoms with van der Waals surface area (Å²) >= 11 is 3.24. The molecule has 0 saturated carbocycles. The standard InChI is InChI=1S/C10H12BrN3O3/c1-16-9(15)8-2-7(5-12-8)17-10-13-3-6(11)4-14-10/h3-4,7-8,12H,2,5H2,1H3. The number of esters is 1. The van der Waals surface area contributed by atoms with Crippen molar-refractivity contribution in [1.82, 2.24) is 15.3 Å². The number of aromatic nitrogens is 2. The maximum atomic E-state index is 11.3. The maximum Gasteiger partial charge on any atom is 0.323 e. The molecule has 2 atom stereocenters. The summed E-state index contributed by atoms with van der Waals surface area (Å²) in [5.41, 5.74) is 0. The molecule has 0 amide bonds. The van der Waals surface area contributed by atoms with Gasteiger partial charge in [-0.25, -0.2) is 9.97 Å². The molecule has 2 heterocycles. The fourth-order valence-corrected chi connectivity index (χ4v) is 1.83. The number of halogens is 1. The highest BCUT2D eigenvalue weighted by atomic mass is 79.9. The Bertz CT molecular complexity index is 398. The Labute approximate surface area is 107 Å². The van der Waals surface area contributed by atoms with Gasteiger partial charge in [0.25, 0.3) is 0 Å². The first kappa shape index (κ1) is 12.3. The summed E-state index contributed by atoms with van der Waals surface area (Å²) in [5.74, 6) is -0.271. The van der Waals surface area contributed by atoms with Crippen LogP contribution >= 0.6 is 15.9 Å². The molecular formula is C10H12BrN3O3. The number of carbonyl (C=O) groups is 1. The van der Waals surface area contributed by atoms with Gasteiger partial charge in [-0.15, -0.1) is 0 Å². The maximum absolute atomic E-state index is 11.3. The predicted molar refractivity (Wildman–Crippen MR) is 62.6 cm³/mol. The number of nitrogens with zero attached hydrogens (tertiary/aromatic N) is 2. The van der Waals surface area contributed by atoms with Gasteiger partial charge in [-0.3, -0.25) is 4.79 Å². The zero-order valence-corrected chi connectivity index (χ0v) is 10.8. The van der Waals surface area contributed by atoms with Crippen molar-refractivity contribution in [2.24, 2.45) is 0 Å². The average Bonchev–Trinajstić information content (AvgIpc) is 2.80. The first-order valence-corrected chi connectivity index (χ1v) is 5.93. The monoisotopic (exact) mass is 301 g/mol. The van der Waals surface area contributed by atoms with Crippen molar-refractivity contribution < 1.29 is 14.3 Å². The van der Waals surface area contributed by atoms with Crippen LogP contribution in [0.25, 0.3) is 0 Å². The molecule has 1 N–H and O–H groups in total. The molecule has 17 heavy (non-hydrogen) atoms. The molecule has 0 aliphatic carbocycles. The number of rotatable bonds is 3. The second kappa shape index (κ2) is 5.42. The molecule has 1 aliphatic heterocycles. The van der Waals surface area contributed by atoms with Gasteiger partial charge >= 0.3 is 12.0 Å². The number of methoxy groups -OCH3 is 1. The second-order valence-corrected chi connectivity index (χ2v) is 4.56. The van der Waals surface area contributed by atoms with Crippen LogP contribution in [-0.4, -0.2) is 41.7 Å². The molecule has 2 rings (SSSR count). The summed E-state index contributed by atoms with van der Waals surface area (Å²) in [6.45, 7) is 0.583. The minimum absolute atomic E-state index is 0.111. The molecule has 0 radical (unpaired) electrons. The zero-order chi connectivity index (χ0) is 12.3. The van der Waals surface area contributed by atoms with Crippen LogP contribution in [0.2, 0.25) is 0 Å². The minimum Gasteiger partial charge on any atom is -0.468 e. The van der Waals surface area contributed by atoms with Gasteiger partial charge < -0.3 is 14.8 Å². The fourth-order valence-electron chi connectivity index (χ4n) is 1.63. The number of hydrogen-bond acceptors (Lipinski definition) is 6. The van der Waals surface area contributed by atoms with Crippen LogP contribution in [0.4, 0.5) is 0 Å². The third kappa shape index (κ3) is 3.13. The summed E-state index contributed by atoms with van der Waals surface area (Å²) in [6, 6.07) is 0.00552. The van der Waals surface area contributed by atoms with Gasteiger partial charge in [0.05, 0.1) is 11.6 Å². The summed E-state index contributed by atoms with van der Waals surface area (Å²) in [7, 11) is 1.37. The van der Waals surface area contributed by atoms with E-state index in [-0.39, 0.29) is 18.1 Å². The lowest BCUT2D eigenvalue weighted by atomic mass is 10.2. The molecule has 92 valence electrons. The lowest BCUT2D eigenvalue weighted by molar-refractivity contribution is -0.142. The molecule has 7 heteroatoms. The Morgan fingerprint density at radius 1 is 1.53 bits per heavy atom. The molecular weight excluding hydrogens is 290 g/mol. The highest BCUT2D eigenvalue weighted by molar-refractivity contribution is 9.10. The van der Waals surface area contributed by atoms with E-state index in [9.17, 15) is 4.79 Å². The molecule has 1 saturated heterocycles. The smallest absolute Gasteiger partial charge is 0.323 e. The van der Waals surface area contributed by atoms with Crippen molar-refractivity contribution >= 4 is 21.9 Å². The van der Waals surface area contributed by atoms with E-state index in [4.69, 9.17) is 4.74 Å². The summed E-state index contributed by atoms with van der Waals surface area (Å²) in [5, 5.41) is 3.02. The van der Waals surface area contributed by atoms with E-state index in [1.807, 2.05) is 0 Å². The number of nitrogens with one attached hydrogen (secondary N) is 1. The molecule has 1 fully saturated rings. The van der Waals surface area contributed by atoms with Gasteiger partial charge in [-0.05, 0) is 15.9 Å². The number of carbonyl (C=O) groups excluding carboxylic acids is 1. The van der Waals surface area contributed by atoms with Crippen molar-refractivity contribution in [3.05, 3.63) is 16.9 Å². The van der Waals surface area contributed by atoms with Gasteiger partial charge in [0.2, 0.25) is 0 Å². The Kier molecular flexibility index (Phi) is 3.90. The summed E-state index contributed by atoms with van der Waals surface area (Å²) in [6.07, 6.45) is 3.68. The van der Waals surface area contributed by atoms with E-state index in [1.54, 1.807) is 12.4 Å². The highest BCUT2D eigenvalue weighted by Gasteiger charge is 2.31. The highest BCUT2D eigenvalue weighted by Crippen LogP contribution is 2.15. The van der Waals surface area contributed by atoms with Gasteiger partial charge in [-0.1, -0.05) is 0 Å². The van der Waals surface area contributed by atoms with Gasteiger partial charge in [0.1, 0.15) is 12.1 Å². The van der Waals surface area contributed by atoms with Crippen molar-refractivity contribution in [3.8, 4) is 6.01 Å². The molecule has 1 aliphatic rings. The second-order valence-electron chi connectivity index (χ2n) is 3.64. The SMILES string of the molecule is COC(=O)C1CC(Oc2ncc(Br)cn2)CN1. The van der Waals surface area contributed by atoms with Crippen molar-refractivity contribution in [1.29, 1.82) is 0 Å². The molecule has 1 aromatic rings. The van der Waals surface area contributed by atoms with Crippen LogP contribution in [0, 0.1) is 0 Å². The molecule has 0 spiro atoms. The van der Waals surface area contributed by atoms with E-state index in [2.05, 4.69) is 36.0 Å². The van der Waals surface area contributed by atoms with Crippen LogP contribution in [0.3, 0.4) is 0 Å². The van der Waals surface area contributed by atoms with Crippen molar-refractivity contribution in [3.63, 3.8) is 0 Å². The van der Waals surface area contributed by atoms with Crippen LogP contribution < -0.4 is 10.1 Å². The summed E-state index contributed by atoms with van der Waals surface area (Å²) in [4.78, 5) is 19.3. The Morgan fingerprint density at radius 2 is 2.24 bits per heavy atom. The molecule has 0 aromatic carbocycles. The van der Waals surface area contributed by atoms with Gasteiger partial charge in [-0.2, -0.15) is 0 Å². The summed E-state index contributed by atoms with van der Waals surface area (Å²) < 4.78 is 11.0. The normalized spacial score (nSPS) is 23.4. The van der Waals surface area contributed by atoms with Crippen LogP contribution in [-0.2, 0) is 9.53 Å². The average molecular weight is 302 g/mol. The van der Waals surface area contributed by atoms with E-state index in [1.165, 1.54) is 7.11 Å². The first-order chi connectivity index (χ1) is 8.19. The molecule has 0 bridgehead atoms. The van der Waals surface area contributed by atoms with E-state index in [0.717, 1.165) is 4.47 Å². The van der Waals surface area contributed by atoms with E-state index < -0.39 is 0 Å². The van der Waals surface area contributed by atoms with Gasteiger partial charge in [0, 0.05) is 25.4 Å². The van der Waals surface area contributed by atoms with E-state index >= 15 is 0 Å². The zero-order valence-electron chi connectivity index (χ0n) is 9.22. The Balaban J connectivity index is 1.89. The number of ether oxygens (including phenoxy) is 2. The largest absolute Gasteiger partial charge is 0.468 e. The lowest BCUT2D eigenvalue weighted by Gasteiger charge is -2.10. The fraction of sp³-hybridized carbons (Fsp3) is 0.500. The third-order valence-corrected chi connectivity index (χ3v) is 2.85. The number of hydrogen-bond donors (Lipinski definition) is 1. The topological polar surface area (TPSA) is 73.3 Å². The van der Waals surface area contributed by atoms with Gasteiger partial charge in [0.15, 0.2) is 0 Å². The van der Waals surface area contributed by atoms with Crippen LogP contribution in [0.5, 0.6) is 6.01 Å². The van der Waals surface area contributed by atoms with Crippen LogP contribution in [0.15, 0.2) is 16.9 Å². The molecule has 6 nitrogen and oxygen atoms in total. The van der Waals surface area contributed by atoms with E-state index in [0.29, 0.717) is 19.0 Å². The molecule has 2 unspecified atom stereocenters. The minimum atomic E-state index is -0.305.